The van der Waals surface area contributed by atoms with Gasteiger partial charge >= 0.3 is 0 Å². The van der Waals surface area contributed by atoms with Gasteiger partial charge in [-0.3, -0.25) is 9.59 Å². The van der Waals surface area contributed by atoms with Crippen molar-refractivity contribution in [1.82, 2.24) is 10.3 Å². The van der Waals surface area contributed by atoms with Gasteiger partial charge in [-0.05, 0) is 24.5 Å². The standard InChI is InChI=1S/C12H16N2O2/c1-9-7-12(16)14-8-11(9)5-3-4-6-13-10(2)15/h3,5,7-8H,4,6H2,1-2H3,(H,13,15)(H,14,16). The van der Waals surface area contributed by atoms with Gasteiger partial charge in [0.05, 0.1) is 0 Å². The van der Waals surface area contributed by atoms with Gasteiger partial charge in [0.15, 0.2) is 0 Å². The number of carbonyl (C=O) groups excluding carboxylic acids is 1. The molecule has 0 aliphatic heterocycles. The van der Waals surface area contributed by atoms with Crippen molar-refractivity contribution in [3.05, 3.63) is 39.8 Å². The molecule has 0 fully saturated rings. The van der Waals surface area contributed by atoms with Crippen LogP contribution in [0.2, 0.25) is 0 Å². The molecule has 0 aliphatic carbocycles. The minimum atomic E-state index is -0.0899. The predicted molar refractivity (Wildman–Crippen MR) is 64.1 cm³/mol. The summed E-state index contributed by atoms with van der Waals surface area (Å²) in [4.78, 5) is 24.2. The van der Waals surface area contributed by atoms with Crippen LogP contribution in [0, 0.1) is 6.92 Å². The van der Waals surface area contributed by atoms with Crippen LogP contribution in [-0.4, -0.2) is 17.4 Å². The van der Waals surface area contributed by atoms with Crippen LogP contribution in [0.5, 0.6) is 0 Å². The molecule has 16 heavy (non-hydrogen) atoms. The van der Waals surface area contributed by atoms with E-state index in [1.165, 1.54) is 6.92 Å². The molecule has 0 radical (unpaired) electrons. The van der Waals surface area contributed by atoms with Crippen molar-refractivity contribution in [2.45, 2.75) is 20.3 Å². The molecule has 0 aromatic carbocycles. The van der Waals surface area contributed by atoms with E-state index in [0.717, 1.165) is 17.5 Å². The number of nitrogens with one attached hydrogen (secondary N) is 2. The van der Waals surface area contributed by atoms with Crippen molar-refractivity contribution in [1.29, 1.82) is 0 Å². The maximum Gasteiger partial charge on any atom is 0.248 e. The number of carbonyl (C=O) groups is 1. The van der Waals surface area contributed by atoms with Crippen LogP contribution in [0.3, 0.4) is 0 Å². The fraction of sp³-hybridized carbons (Fsp3) is 0.333. The number of H-pyrrole nitrogens is 1. The average molecular weight is 220 g/mol. The first kappa shape index (κ1) is 12.2. The number of aromatic amines is 1. The first-order chi connectivity index (χ1) is 7.59. The number of aryl methyl sites for hydroxylation is 1. The molecule has 1 aromatic heterocycles. The molecule has 1 rings (SSSR count). The highest BCUT2D eigenvalue weighted by molar-refractivity contribution is 5.72. The summed E-state index contributed by atoms with van der Waals surface area (Å²) in [5, 5.41) is 2.71. The van der Waals surface area contributed by atoms with E-state index in [0.29, 0.717) is 6.54 Å². The van der Waals surface area contributed by atoms with Crippen LogP contribution in [0.25, 0.3) is 6.08 Å². The summed E-state index contributed by atoms with van der Waals surface area (Å²) in [6.45, 7) is 4.02. The third-order valence-electron chi connectivity index (χ3n) is 2.16. The topological polar surface area (TPSA) is 62.0 Å². The maximum absolute atomic E-state index is 11.0. The second kappa shape index (κ2) is 5.90. The fourth-order valence-corrected chi connectivity index (χ4v) is 1.31. The lowest BCUT2D eigenvalue weighted by atomic mass is 10.1. The van der Waals surface area contributed by atoms with Crippen molar-refractivity contribution in [2.24, 2.45) is 0 Å². The molecule has 0 spiro atoms. The second-order valence-electron chi connectivity index (χ2n) is 3.61. The van der Waals surface area contributed by atoms with Gasteiger partial charge in [0.25, 0.3) is 0 Å². The molecule has 4 heteroatoms. The van der Waals surface area contributed by atoms with E-state index in [-0.39, 0.29) is 11.5 Å². The molecule has 0 saturated heterocycles. The van der Waals surface area contributed by atoms with Gasteiger partial charge in [-0.25, -0.2) is 0 Å². The summed E-state index contributed by atoms with van der Waals surface area (Å²) >= 11 is 0. The lowest BCUT2D eigenvalue weighted by Crippen LogP contribution is -2.20. The summed E-state index contributed by atoms with van der Waals surface area (Å²) in [6.07, 6.45) is 6.37. The smallest absolute Gasteiger partial charge is 0.248 e. The summed E-state index contributed by atoms with van der Waals surface area (Å²) < 4.78 is 0. The first-order valence-corrected chi connectivity index (χ1v) is 5.20. The predicted octanol–water partition coefficient (Wildman–Crippen LogP) is 1.22. The van der Waals surface area contributed by atoms with Gasteiger partial charge in [0.2, 0.25) is 11.5 Å². The Bertz CT molecular complexity index is 447. The largest absolute Gasteiger partial charge is 0.356 e. The molecular formula is C12H16N2O2. The lowest BCUT2D eigenvalue weighted by Gasteiger charge is -1.99. The van der Waals surface area contributed by atoms with Gasteiger partial charge in [-0.15, -0.1) is 0 Å². The average Bonchev–Trinajstić information content (AvgIpc) is 2.20. The molecule has 0 aliphatic rings. The monoisotopic (exact) mass is 220 g/mol. The van der Waals surface area contributed by atoms with Crippen molar-refractivity contribution in [3.63, 3.8) is 0 Å². The highest BCUT2D eigenvalue weighted by Crippen LogP contribution is 2.05. The molecule has 4 nitrogen and oxygen atoms in total. The Balaban J connectivity index is 2.50. The number of pyridine rings is 1. The van der Waals surface area contributed by atoms with E-state index < -0.39 is 0 Å². The van der Waals surface area contributed by atoms with Crippen LogP contribution in [-0.2, 0) is 4.79 Å². The zero-order valence-corrected chi connectivity index (χ0v) is 9.54. The van der Waals surface area contributed by atoms with E-state index in [1.54, 1.807) is 12.3 Å². The second-order valence-corrected chi connectivity index (χ2v) is 3.61. The molecule has 0 saturated carbocycles. The molecule has 2 N–H and O–H groups in total. The fourth-order valence-electron chi connectivity index (χ4n) is 1.31. The van der Waals surface area contributed by atoms with Crippen molar-refractivity contribution >= 4 is 12.0 Å². The van der Waals surface area contributed by atoms with Gasteiger partial charge in [0.1, 0.15) is 0 Å². The zero-order chi connectivity index (χ0) is 12.0. The lowest BCUT2D eigenvalue weighted by molar-refractivity contribution is -0.118. The molecule has 1 amide bonds. The van der Waals surface area contributed by atoms with Gasteiger partial charge < -0.3 is 10.3 Å². The van der Waals surface area contributed by atoms with E-state index in [4.69, 9.17) is 0 Å². The van der Waals surface area contributed by atoms with Crippen LogP contribution in [0.1, 0.15) is 24.5 Å². The minimum absolute atomic E-state index is 0.0198. The molecule has 0 atom stereocenters. The molecule has 1 aromatic rings. The van der Waals surface area contributed by atoms with Crippen LogP contribution in [0.15, 0.2) is 23.1 Å². The quantitative estimate of drug-likeness (QED) is 0.749. The van der Waals surface area contributed by atoms with Crippen LogP contribution in [0.4, 0.5) is 0 Å². The van der Waals surface area contributed by atoms with Gasteiger partial charge in [0, 0.05) is 25.7 Å². The number of hydrogen-bond acceptors (Lipinski definition) is 2. The van der Waals surface area contributed by atoms with E-state index in [1.807, 2.05) is 19.1 Å². The van der Waals surface area contributed by atoms with Crippen molar-refractivity contribution < 1.29 is 4.79 Å². The zero-order valence-electron chi connectivity index (χ0n) is 9.54. The van der Waals surface area contributed by atoms with E-state index >= 15 is 0 Å². The molecule has 0 unspecified atom stereocenters. The van der Waals surface area contributed by atoms with Crippen LogP contribution < -0.4 is 10.9 Å². The Morgan fingerprint density at radius 3 is 2.94 bits per heavy atom. The van der Waals surface area contributed by atoms with Gasteiger partial charge in [-0.1, -0.05) is 12.2 Å². The Labute approximate surface area is 94.4 Å². The third kappa shape index (κ3) is 4.13. The number of amides is 1. The molecule has 0 bridgehead atoms. The van der Waals surface area contributed by atoms with E-state index in [2.05, 4.69) is 10.3 Å². The highest BCUT2D eigenvalue weighted by atomic mass is 16.1. The minimum Gasteiger partial charge on any atom is -0.356 e. The first-order valence-electron chi connectivity index (χ1n) is 5.20. The van der Waals surface area contributed by atoms with Crippen molar-refractivity contribution in [3.8, 4) is 0 Å². The Morgan fingerprint density at radius 2 is 2.31 bits per heavy atom. The van der Waals surface area contributed by atoms with Gasteiger partial charge in [-0.2, -0.15) is 0 Å². The third-order valence-corrected chi connectivity index (χ3v) is 2.16. The molecule has 1 heterocycles. The summed E-state index contributed by atoms with van der Waals surface area (Å²) in [7, 11) is 0. The molecular weight excluding hydrogens is 204 g/mol. The normalized spacial score (nSPS) is 10.6. The maximum atomic E-state index is 11.0. The van der Waals surface area contributed by atoms with E-state index in [9.17, 15) is 9.59 Å². The SMILES string of the molecule is CC(=O)NCCC=Cc1c[nH]c(=O)cc1C. The number of aromatic nitrogens is 1. The number of rotatable bonds is 4. The molecule has 86 valence electrons. The van der Waals surface area contributed by atoms with Crippen molar-refractivity contribution in [2.75, 3.05) is 6.54 Å². The highest BCUT2D eigenvalue weighted by Gasteiger charge is 1.94. The summed E-state index contributed by atoms with van der Waals surface area (Å²) in [6, 6.07) is 1.56. The summed E-state index contributed by atoms with van der Waals surface area (Å²) in [5.74, 6) is -0.0198. The number of hydrogen-bond donors (Lipinski definition) is 2. The summed E-state index contributed by atoms with van der Waals surface area (Å²) in [5.41, 5.74) is 1.84. The Kier molecular flexibility index (Phi) is 4.51. The Hall–Kier alpha value is -1.84. The van der Waals surface area contributed by atoms with Crippen LogP contribution >= 0.6 is 0 Å². The Morgan fingerprint density at radius 1 is 1.56 bits per heavy atom.